The molecule has 0 atom stereocenters. The van der Waals surface area contributed by atoms with Crippen LogP contribution in [0.3, 0.4) is 0 Å². The van der Waals surface area contributed by atoms with E-state index in [1.165, 1.54) is 0 Å². The number of hydrogen-bond donors (Lipinski definition) is 0. The van der Waals surface area contributed by atoms with Gasteiger partial charge in [-0.15, -0.1) is 0 Å². The molecule has 20 heavy (non-hydrogen) atoms. The van der Waals surface area contributed by atoms with Crippen LogP contribution in [-0.4, -0.2) is 23.5 Å². The van der Waals surface area contributed by atoms with E-state index in [0.29, 0.717) is 0 Å². The van der Waals surface area contributed by atoms with Crippen molar-refractivity contribution in [3.05, 3.63) is 0 Å². The van der Waals surface area contributed by atoms with Crippen LogP contribution in [-0.2, 0) is 0 Å². The third kappa shape index (κ3) is 26.0. The molecule has 0 aliphatic rings. The fourth-order valence-corrected chi connectivity index (χ4v) is 0.775. The maximum absolute atomic E-state index is 4.40. The van der Waals surface area contributed by atoms with Gasteiger partial charge in [0.1, 0.15) is 0 Å². The summed E-state index contributed by atoms with van der Waals surface area (Å²) < 4.78 is 0. The van der Waals surface area contributed by atoms with Crippen LogP contribution in [0.4, 0.5) is 0 Å². The zero-order chi connectivity index (χ0) is 16.8. The molecule has 0 aliphatic heterocycles. The molecule has 0 aromatic heterocycles. The van der Waals surface area contributed by atoms with Gasteiger partial charge in [-0.25, -0.2) is 0 Å². The summed E-state index contributed by atoms with van der Waals surface area (Å²) in [6.07, 6.45) is 4.04. The third-order valence-corrected chi connectivity index (χ3v) is 1.68. The Morgan fingerprint density at radius 3 is 0.700 bits per heavy atom. The van der Waals surface area contributed by atoms with Gasteiger partial charge in [0.25, 0.3) is 0 Å². The lowest BCUT2D eigenvalue weighted by molar-refractivity contribution is 0.552. The Morgan fingerprint density at radius 2 is 0.650 bits per heavy atom. The first-order chi connectivity index (χ1) is 8.41. The number of aliphatic imine (C=N–C) groups is 2. The minimum Gasteiger partial charge on any atom is -0.291 e. The molecule has 0 rings (SSSR count). The van der Waals surface area contributed by atoms with Crippen molar-refractivity contribution in [2.75, 3.05) is 0 Å². The van der Waals surface area contributed by atoms with Gasteiger partial charge < -0.3 is 0 Å². The average molecular weight is 283 g/mol. The molecule has 0 aromatic rings. The van der Waals surface area contributed by atoms with Crippen LogP contribution < -0.4 is 0 Å². The van der Waals surface area contributed by atoms with Gasteiger partial charge >= 0.3 is 0 Å². The summed E-state index contributed by atoms with van der Waals surface area (Å²) in [6.45, 7) is 25.6. The molecule has 0 aromatic carbocycles. The van der Waals surface area contributed by atoms with Crippen molar-refractivity contribution < 1.29 is 0 Å². The van der Waals surface area contributed by atoms with Crippen molar-refractivity contribution in [1.82, 2.24) is 0 Å². The van der Waals surface area contributed by atoms with Crippen LogP contribution in [0.2, 0.25) is 0 Å². The van der Waals surface area contributed by atoms with Crippen molar-refractivity contribution in [3.63, 3.8) is 0 Å². The molecule has 0 aliphatic carbocycles. The Bertz CT molecular complexity index is 243. The van der Waals surface area contributed by atoms with Gasteiger partial charge in [0.2, 0.25) is 0 Å². The van der Waals surface area contributed by atoms with Crippen molar-refractivity contribution in [2.24, 2.45) is 20.8 Å². The minimum atomic E-state index is 0.0767. The minimum absolute atomic E-state index is 0.0767. The highest BCUT2D eigenvalue weighted by Gasteiger charge is 2.10. The largest absolute Gasteiger partial charge is 0.291 e. The predicted octanol–water partition coefficient (Wildman–Crippen LogP) is 5.80. The highest BCUT2D eigenvalue weighted by atomic mass is 14.8. The van der Waals surface area contributed by atoms with Crippen molar-refractivity contribution in [3.8, 4) is 0 Å². The van der Waals surface area contributed by atoms with Crippen LogP contribution in [0.15, 0.2) is 9.98 Å². The Kier molecular flexibility index (Phi) is 7.98. The van der Waals surface area contributed by atoms with Crippen LogP contribution in [0.5, 0.6) is 0 Å². The van der Waals surface area contributed by atoms with Gasteiger partial charge in [-0.1, -0.05) is 41.5 Å². The second kappa shape index (κ2) is 7.38. The molecule has 2 nitrogen and oxygen atoms in total. The molecule has 0 saturated heterocycles. The van der Waals surface area contributed by atoms with E-state index in [2.05, 4.69) is 93.1 Å². The van der Waals surface area contributed by atoms with Gasteiger partial charge in [0.15, 0.2) is 0 Å². The zero-order valence-corrected chi connectivity index (χ0v) is 16.0. The number of rotatable bonds is 0. The van der Waals surface area contributed by atoms with Crippen molar-refractivity contribution in [2.45, 2.75) is 94.2 Å². The number of hydrogen-bond acceptors (Lipinski definition) is 2. The summed E-state index contributed by atoms with van der Waals surface area (Å²) in [7, 11) is 0. The van der Waals surface area contributed by atoms with E-state index in [0.717, 1.165) is 0 Å². The molecule has 0 N–H and O–H groups in total. The van der Waals surface area contributed by atoms with E-state index in [4.69, 9.17) is 0 Å². The standard InChI is InChI=1S/2C9H19N/c2*1-8(2,3)7-10-9(4,5)6/h2*7H,1-6H3. The van der Waals surface area contributed by atoms with E-state index >= 15 is 0 Å². The predicted molar refractivity (Wildman–Crippen MR) is 95.4 cm³/mol. The van der Waals surface area contributed by atoms with Crippen LogP contribution in [0.25, 0.3) is 0 Å². The zero-order valence-electron chi connectivity index (χ0n) is 16.0. The Morgan fingerprint density at radius 1 is 0.450 bits per heavy atom. The molecule has 2 heteroatoms. The van der Waals surface area contributed by atoms with Crippen molar-refractivity contribution >= 4 is 12.4 Å². The fourth-order valence-electron chi connectivity index (χ4n) is 0.775. The summed E-state index contributed by atoms with van der Waals surface area (Å²) in [5, 5.41) is 0. The first-order valence-corrected chi connectivity index (χ1v) is 7.54. The van der Waals surface area contributed by atoms with E-state index in [9.17, 15) is 0 Å². The van der Waals surface area contributed by atoms with Crippen LogP contribution in [0, 0.1) is 10.8 Å². The van der Waals surface area contributed by atoms with Crippen LogP contribution in [0.1, 0.15) is 83.1 Å². The highest BCUT2D eigenvalue weighted by molar-refractivity contribution is 5.64. The average Bonchev–Trinajstić information content (AvgIpc) is 2.09. The lowest BCUT2D eigenvalue weighted by Crippen LogP contribution is -2.14. The normalized spacial score (nSPS) is 14.6. The fraction of sp³-hybridized carbons (Fsp3) is 0.889. The van der Waals surface area contributed by atoms with Gasteiger partial charge in [-0.05, 0) is 52.4 Å². The lowest BCUT2D eigenvalue weighted by Gasteiger charge is -2.16. The smallest absolute Gasteiger partial charge is 0.0520 e. The van der Waals surface area contributed by atoms with Crippen molar-refractivity contribution in [1.29, 1.82) is 0 Å². The molecule has 0 radical (unpaired) electrons. The summed E-state index contributed by atoms with van der Waals surface area (Å²) in [5.74, 6) is 0. The summed E-state index contributed by atoms with van der Waals surface area (Å²) in [4.78, 5) is 8.81. The van der Waals surface area contributed by atoms with Gasteiger partial charge in [0, 0.05) is 12.4 Å². The molecule has 0 heterocycles. The summed E-state index contributed by atoms with van der Waals surface area (Å²) in [6, 6.07) is 0. The molecule has 120 valence electrons. The topological polar surface area (TPSA) is 24.7 Å². The summed E-state index contributed by atoms with van der Waals surface area (Å²) in [5.41, 5.74) is 0.584. The quantitative estimate of drug-likeness (QED) is 0.501. The second-order valence-electron chi connectivity index (χ2n) is 9.59. The van der Waals surface area contributed by atoms with E-state index in [1.54, 1.807) is 0 Å². The first kappa shape index (κ1) is 21.6. The SMILES string of the molecule is CC(C)(C)C=NC(C)(C)C.CC(C)(C)C=NC(C)(C)C. The van der Waals surface area contributed by atoms with E-state index in [1.807, 2.05) is 12.4 Å². The molecule has 0 unspecified atom stereocenters. The third-order valence-electron chi connectivity index (χ3n) is 1.68. The van der Waals surface area contributed by atoms with Gasteiger partial charge in [-0.3, -0.25) is 9.98 Å². The second-order valence-corrected chi connectivity index (χ2v) is 9.59. The first-order valence-electron chi connectivity index (χ1n) is 7.54. The molecular weight excluding hydrogens is 244 g/mol. The monoisotopic (exact) mass is 282 g/mol. The summed E-state index contributed by atoms with van der Waals surface area (Å²) >= 11 is 0. The highest BCUT2D eigenvalue weighted by Crippen LogP contribution is 2.13. The molecule has 0 spiro atoms. The molecule has 0 bridgehead atoms. The van der Waals surface area contributed by atoms with Crippen LogP contribution >= 0.6 is 0 Å². The van der Waals surface area contributed by atoms with E-state index < -0.39 is 0 Å². The molecule has 0 fully saturated rings. The Labute approximate surface area is 128 Å². The molecule has 0 saturated carbocycles. The Hall–Kier alpha value is -0.660. The van der Waals surface area contributed by atoms with E-state index in [-0.39, 0.29) is 21.9 Å². The Balaban J connectivity index is 0. The maximum Gasteiger partial charge on any atom is 0.0520 e. The number of nitrogens with zero attached hydrogens (tertiary/aromatic N) is 2. The molecular formula is C18H38N2. The van der Waals surface area contributed by atoms with Gasteiger partial charge in [-0.2, -0.15) is 0 Å². The van der Waals surface area contributed by atoms with Gasteiger partial charge in [0.05, 0.1) is 11.1 Å². The lowest BCUT2D eigenvalue weighted by atomic mass is 9.98. The maximum atomic E-state index is 4.40. The molecule has 0 amide bonds.